The molecular weight excluding hydrogens is 424 g/mol. The molecule has 4 rings (SSSR count). The number of rotatable bonds is 8. The molecule has 7 heteroatoms. The summed E-state index contributed by atoms with van der Waals surface area (Å²) in [6, 6.07) is 27.3. The lowest BCUT2D eigenvalue weighted by Crippen LogP contribution is -2.31. The number of hydrogen-bond acceptors (Lipinski definition) is 4. The minimum absolute atomic E-state index is 0.236. The summed E-state index contributed by atoms with van der Waals surface area (Å²) in [5, 5.41) is 11.7. The molecule has 34 heavy (non-hydrogen) atoms. The number of amidine groups is 1. The first kappa shape index (κ1) is 22.5. The number of anilines is 2. The van der Waals surface area contributed by atoms with Crippen molar-refractivity contribution in [2.75, 3.05) is 11.1 Å². The molecule has 0 unspecified atom stereocenters. The van der Waals surface area contributed by atoms with Crippen LogP contribution in [0.4, 0.5) is 11.5 Å². The van der Waals surface area contributed by atoms with Crippen LogP contribution < -0.4 is 11.1 Å². The second-order valence-electron chi connectivity index (χ2n) is 7.77. The van der Waals surface area contributed by atoms with Crippen molar-refractivity contribution in [1.82, 2.24) is 14.5 Å². The first-order valence-corrected chi connectivity index (χ1v) is 10.8. The van der Waals surface area contributed by atoms with Gasteiger partial charge in [0.2, 0.25) is 5.91 Å². The van der Waals surface area contributed by atoms with E-state index in [2.05, 4.69) is 16.9 Å². The van der Waals surface area contributed by atoms with Gasteiger partial charge in [0, 0.05) is 18.8 Å². The van der Waals surface area contributed by atoms with Gasteiger partial charge in [-0.2, -0.15) is 0 Å². The predicted molar refractivity (Wildman–Crippen MR) is 136 cm³/mol. The van der Waals surface area contributed by atoms with Crippen LogP contribution in [0.3, 0.4) is 0 Å². The summed E-state index contributed by atoms with van der Waals surface area (Å²) in [5.41, 5.74) is 10.4. The highest BCUT2D eigenvalue weighted by Crippen LogP contribution is 2.23. The molecule has 0 aliphatic carbocycles. The van der Waals surface area contributed by atoms with E-state index < -0.39 is 0 Å². The largest absolute Gasteiger partial charge is 0.383 e. The number of imidazole rings is 1. The molecule has 0 saturated carbocycles. The number of nitrogens with two attached hydrogens (primary N) is 1. The summed E-state index contributed by atoms with van der Waals surface area (Å²) in [4.78, 5) is 18.1. The van der Waals surface area contributed by atoms with Crippen LogP contribution in [0.2, 0.25) is 0 Å². The summed E-state index contributed by atoms with van der Waals surface area (Å²) in [7, 11) is 0. The number of benzene rings is 3. The monoisotopic (exact) mass is 450 g/mol. The fraction of sp³-hybridized carbons (Fsp3) is 0.0741. The number of hydrogen-bond donors (Lipinski definition) is 3. The van der Waals surface area contributed by atoms with Crippen LogP contribution in [0, 0.1) is 5.41 Å². The Morgan fingerprint density at radius 2 is 1.62 bits per heavy atom. The number of aromatic nitrogens is 2. The molecule has 0 fully saturated rings. The molecule has 1 heterocycles. The molecule has 7 nitrogen and oxygen atoms in total. The molecule has 1 aromatic heterocycles. The summed E-state index contributed by atoms with van der Waals surface area (Å²) in [6.07, 6.45) is 2.81. The number of carbonyl (C=O) groups is 1. The number of carbonyl (C=O) groups excluding carboxylic acids is 1. The molecule has 4 N–H and O–H groups in total. The van der Waals surface area contributed by atoms with Crippen molar-refractivity contribution in [3.63, 3.8) is 0 Å². The van der Waals surface area contributed by atoms with Gasteiger partial charge >= 0.3 is 0 Å². The average molecular weight is 451 g/mol. The van der Waals surface area contributed by atoms with Crippen LogP contribution in [0.15, 0.2) is 104 Å². The molecule has 0 aliphatic rings. The Bertz CT molecular complexity index is 1260. The second kappa shape index (κ2) is 10.3. The van der Waals surface area contributed by atoms with E-state index in [-0.39, 0.29) is 11.7 Å². The maximum Gasteiger partial charge on any atom is 0.247 e. The van der Waals surface area contributed by atoms with Gasteiger partial charge in [-0.25, -0.2) is 4.98 Å². The van der Waals surface area contributed by atoms with Crippen molar-refractivity contribution < 1.29 is 4.79 Å². The lowest BCUT2D eigenvalue weighted by molar-refractivity contribution is -0.111. The molecule has 1 amide bonds. The Labute approximate surface area is 198 Å². The molecule has 0 aliphatic heterocycles. The fourth-order valence-electron chi connectivity index (χ4n) is 3.64. The summed E-state index contributed by atoms with van der Waals surface area (Å²) < 4.78 is 1.71. The minimum Gasteiger partial charge on any atom is -0.383 e. The van der Waals surface area contributed by atoms with Crippen molar-refractivity contribution in [2.24, 2.45) is 0 Å². The van der Waals surface area contributed by atoms with Gasteiger partial charge in [-0.05, 0) is 35.4 Å². The molecule has 0 spiro atoms. The van der Waals surface area contributed by atoms with Gasteiger partial charge in [-0.1, -0.05) is 73.3 Å². The standard InChI is InChI=1S/C27H26N6O/c1-2-24(34)31-22-14-9-15-23(16-22)33-19-30-25(27(33)29)26(28)32(17-20-10-5-3-6-11-20)18-21-12-7-4-8-13-21/h2-16,19,28H,1,17-18,29H2,(H,31,34). The Kier molecular flexibility index (Phi) is 6.84. The quantitative estimate of drug-likeness (QED) is 0.207. The summed E-state index contributed by atoms with van der Waals surface area (Å²) in [5.74, 6) is 0.291. The van der Waals surface area contributed by atoms with E-state index in [0.29, 0.717) is 30.3 Å². The van der Waals surface area contributed by atoms with E-state index in [1.807, 2.05) is 77.7 Å². The summed E-state index contributed by atoms with van der Waals surface area (Å²) in [6.45, 7) is 4.57. The molecule has 3 aromatic carbocycles. The van der Waals surface area contributed by atoms with Gasteiger partial charge < -0.3 is 16.0 Å². The molecule has 170 valence electrons. The first-order valence-electron chi connectivity index (χ1n) is 10.8. The lowest BCUT2D eigenvalue weighted by Gasteiger charge is -2.25. The molecular formula is C27H26N6O. The Morgan fingerprint density at radius 1 is 1.00 bits per heavy atom. The van der Waals surface area contributed by atoms with E-state index in [4.69, 9.17) is 11.1 Å². The van der Waals surface area contributed by atoms with Crippen molar-refractivity contribution in [2.45, 2.75) is 13.1 Å². The molecule has 0 saturated heterocycles. The maximum atomic E-state index is 11.7. The highest BCUT2D eigenvalue weighted by Gasteiger charge is 2.20. The average Bonchev–Trinajstić information content (AvgIpc) is 3.25. The zero-order chi connectivity index (χ0) is 23.9. The summed E-state index contributed by atoms with van der Waals surface area (Å²) >= 11 is 0. The van der Waals surface area contributed by atoms with E-state index in [0.717, 1.165) is 16.8 Å². The number of nitrogens with one attached hydrogen (secondary N) is 2. The number of nitrogen functional groups attached to an aromatic ring is 1. The number of nitrogens with zero attached hydrogens (tertiary/aromatic N) is 3. The second-order valence-corrected chi connectivity index (χ2v) is 7.77. The van der Waals surface area contributed by atoms with Gasteiger partial charge in [0.25, 0.3) is 0 Å². The SMILES string of the molecule is C=CC(=O)Nc1cccc(-n2cnc(C(=N)N(Cc3ccccc3)Cc3ccccc3)c2N)c1. The van der Waals surface area contributed by atoms with E-state index in [1.54, 1.807) is 23.0 Å². The van der Waals surface area contributed by atoms with Crippen LogP contribution in [-0.4, -0.2) is 26.2 Å². The molecule has 4 aromatic rings. The number of amides is 1. The zero-order valence-corrected chi connectivity index (χ0v) is 18.7. The van der Waals surface area contributed by atoms with E-state index in [1.165, 1.54) is 6.08 Å². The smallest absolute Gasteiger partial charge is 0.247 e. The maximum absolute atomic E-state index is 11.7. The third-order valence-electron chi connectivity index (χ3n) is 5.35. The zero-order valence-electron chi connectivity index (χ0n) is 18.7. The van der Waals surface area contributed by atoms with Crippen LogP contribution in [0.25, 0.3) is 5.69 Å². The molecule has 0 atom stereocenters. The van der Waals surface area contributed by atoms with Crippen molar-refractivity contribution in [3.05, 3.63) is 121 Å². The fourth-order valence-corrected chi connectivity index (χ4v) is 3.64. The van der Waals surface area contributed by atoms with Crippen molar-refractivity contribution in [3.8, 4) is 5.69 Å². The highest BCUT2D eigenvalue weighted by molar-refractivity contribution is 5.99. The third-order valence-corrected chi connectivity index (χ3v) is 5.35. The van der Waals surface area contributed by atoms with Gasteiger partial charge in [0.05, 0.1) is 5.69 Å². The lowest BCUT2D eigenvalue weighted by atomic mass is 10.1. The van der Waals surface area contributed by atoms with Crippen molar-refractivity contribution in [1.29, 1.82) is 5.41 Å². The first-order chi connectivity index (χ1) is 16.5. The van der Waals surface area contributed by atoms with E-state index in [9.17, 15) is 4.79 Å². The van der Waals surface area contributed by atoms with Gasteiger partial charge in [-0.3, -0.25) is 14.8 Å². The minimum atomic E-state index is -0.296. The van der Waals surface area contributed by atoms with Gasteiger partial charge in [0.1, 0.15) is 17.8 Å². The third kappa shape index (κ3) is 5.21. The topological polar surface area (TPSA) is 100 Å². The molecule has 0 bridgehead atoms. The Morgan fingerprint density at radius 3 is 2.21 bits per heavy atom. The van der Waals surface area contributed by atoms with Crippen LogP contribution in [0.5, 0.6) is 0 Å². The predicted octanol–water partition coefficient (Wildman–Crippen LogP) is 4.61. The normalized spacial score (nSPS) is 10.5. The van der Waals surface area contributed by atoms with Gasteiger partial charge in [0.15, 0.2) is 5.84 Å². The van der Waals surface area contributed by atoms with Crippen LogP contribution >= 0.6 is 0 Å². The van der Waals surface area contributed by atoms with E-state index >= 15 is 0 Å². The van der Waals surface area contributed by atoms with Crippen molar-refractivity contribution >= 4 is 23.2 Å². The van der Waals surface area contributed by atoms with Crippen LogP contribution in [0.1, 0.15) is 16.8 Å². The Hall–Kier alpha value is -4.65. The highest BCUT2D eigenvalue weighted by atomic mass is 16.1. The van der Waals surface area contributed by atoms with Crippen LogP contribution in [-0.2, 0) is 17.9 Å². The Balaban J connectivity index is 1.63. The van der Waals surface area contributed by atoms with Gasteiger partial charge in [-0.15, -0.1) is 0 Å². The molecule has 0 radical (unpaired) electrons.